The maximum Gasteiger partial charge on any atom is 0.141 e. The summed E-state index contributed by atoms with van der Waals surface area (Å²) in [6.45, 7) is 0.645. The standard InChI is InChI=1S/C17H17N3O2/c21-15(13-22-16-6-2-1-3-7-16)12-20-10-9-19-17(20)14-5-4-8-18-11-14/h1-11,15,21H,12-13H2. The second-order valence-corrected chi connectivity index (χ2v) is 4.92. The van der Waals surface area contributed by atoms with Crippen molar-refractivity contribution in [2.45, 2.75) is 12.6 Å². The third kappa shape index (κ3) is 3.51. The summed E-state index contributed by atoms with van der Waals surface area (Å²) in [5.74, 6) is 1.53. The van der Waals surface area contributed by atoms with E-state index in [0.717, 1.165) is 17.1 Å². The predicted octanol–water partition coefficient (Wildman–Crippen LogP) is 2.39. The van der Waals surface area contributed by atoms with Gasteiger partial charge in [-0.2, -0.15) is 0 Å². The summed E-state index contributed by atoms with van der Waals surface area (Å²) in [4.78, 5) is 8.43. The fourth-order valence-electron chi connectivity index (χ4n) is 2.20. The number of hydrogen-bond donors (Lipinski definition) is 1. The average Bonchev–Trinajstić information content (AvgIpc) is 3.03. The molecule has 0 amide bonds. The second kappa shape index (κ2) is 6.87. The highest BCUT2D eigenvalue weighted by Crippen LogP contribution is 2.16. The van der Waals surface area contributed by atoms with Gasteiger partial charge in [0.2, 0.25) is 0 Å². The number of para-hydroxylation sites is 1. The molecule has 0 saturated carbocycles. The number of hydrogen-bond acceptors (Lipinski definition) is 4. The first kappa shape index (κ1) is 14.3. The van der Waals surface area contributed by atoms with Crippen LogP contribution in [0.1, 0.15) is 0 Å². The van der Waals surface area contributed by atoms with Gasteiger partial charge in [-0.25, -0.2) is 4.98 Å². The Hall–Kier alpha value is -2.66. The zero-order chi connectivity index (χ0) is 15.2. The molecule has 0 aliphatic carbocycles. The Morgan fingerprint density at radius 3 is 2.73 bits per heavy atom. The number of benzene rings is 1. The van der Waals surface area contributed by atoms with E-state index in [0.29, 0.717) is 6.54 Å². The molecule has 5 nitrogen and oxygen atoms in total. The summed E-state index contributed by atoms with van der Waals surface area (Å²) in [6, 6.07) is 13.3. The Kier molecular flexibility index (Phi) is 4.46. The third-order valence-electron chi connectivity index (χ3n) is 3.23. The molecule has 3 rings (SSSR count). The van der Waals surface area contributed by atoms with Crippen LogP contribution < -0.4 is 4.74 Å². The lowest BCUT2D eigenvalue weighted by Crippen LogP contribution is -2.23. The molecule has 2 aromatic heterocycles. The second-order valence-electron chi connectivity index (χ2n) is 4.92. The van der Waals surface area contributed by atoms with Crippen LogP contribution in [-0.4, -0.2) is 32.4 Å². The van der Waals surface area contributed by atoms with Gasteiger partial charge in [-0.15, -0.1) is 0 Å². The number of imidazole rings is 1. The van der Waals surface area contributed by atoms with E-state index in [1.165, 1.54) is 0 Å². The van der Waals surface area contributed by atoms with Crippen molar-refractivity contribution in [3.63, 3.8) is 0 Å². The molecule has 1 aromatic carbocycles. The van der Waals surface area contributed by atoms with Crippen LogP contribution in [0.2, 0.25) is 0 Å². The molecule has 3 aromatic rings. The van der Waals surface area contributed by atoms with Gasteiger partial charge < -0.3 is 14.4 Å². The molecule has 22 heavy (non-hydrogen) atoms. The molecule has 1 atom stereocenters. The largest absolute Gasteiger partial charge is 0.491 e. The molecule has 0 aliphatic rings. The third-order valence-corrected chi connectivity index (χ3v) is 3.23. The number of nitrogens with zero attached hydrogens (tertiary/aromatic N) is 3. The molecule has 1 N–H and O–H groups in total. The van der Waals surface area contributed by atoms with Gasteiger partial charge in [0.1, 0.15) is 24.3 Å². The molecule has 0 saturated heterocycles. The highest BCUT2D eigenvalue weighted by Gasteiger charge is 2.11. The molecule has 0 radical (unpaired) electrons. The van der Waals surface area contributed by atoms with E-state index in [-0.39, 0.29) is 6.61 Å². The Morgan fingerprint density at radius 1 is 1.09 bits per heavy atom. The Bertz CT molecular complexity index is 698. The van der Waals surface area contributed by atoms with E-state index in [4.69, 9.17) is 4.74 Å². The van der Waals surface area contributed by atoms with Crippen LogP contribution in [0.3, 0.4) is 0 Å². The zero-order valence-corrected chi connectivity index (χ0v) is 12.0. The minimum absolute atomic E-state index is 0.231. The summed E-state index contributed by atoms with van der Waals surface area (Å²) in [5.41, 5.74) is 0.920. The topological polar surface area (TPSA) is 60.2 Å². The summed E-state index contributed by atoms with van der Waals surface area (Å²) in [5, 5.41) is 10.2. The number of aromatic nitrogens is 3. The van der Waals surface area contributed by atoms with Crippen LogP contribution in [0, 0.1) is 0 Å². The normalized spacial score (nSPS) is 12.0. The number of aliphatic hydroxyl groups excluding tert-OH is 1. The Morgan fingerprint density at radius 2 is 1.95 bits per heavy atom. The molecule has 0 bridgehead atoms. The zero-order valence-electron chi connectivity index (χ0n) is 12.0. The van der Waals surface area contributed by atoms with Gasteiger partial charge in [-0.3, -0.25) is 4.98 Å². The molecular weight excluding hydrogens is 278 g/mol. The lowest BCUT2D eigenvalue weighted by molar-refractivity contribution is 0.0929. The highest BCUT2D eigenvalue weighted by atomic mass is 16.5. The monoisotopic (exact) mass is 295 g/mol. The number of rotatable bonds is 6. The first-order valence-electron chi connectivity index (χ1n) is 7.10. The summed E-state index contributed by atoms with van der Waals surface area (Å²) in [7, 11) is 0. The van der Waals surface area contributed by atoms with Crippen molar-refractivity contribution >= 4 is 0 Å². The minimum Gasteiger partial charge on any atom is -0.491 e. The molecule has 1 unspecified atom stereocenters. The fraction of sp³-hybridized carbons (Fsp3) is 0.176. The van der Waals surface area contributed by atoms with Crippen LogP contribution in [0.25, 0.3) is 11.4 Å². The maximum atomic E-state index is 10.2. The van der Waals surface area contributed by atoms with Crippen LogP contribution >= 0.6 is 0 Å². The van der Waals surface area contributed by atoms with Gasteiger partial charge in [0, 0.05) is 30.4 Å². The van der Waals surface area contributed by atoms with Crippen molar-refractivity contribution in [3.05, 3.63) is 67.3 Å². The van der Waals surface area contributed by atoms with Gasteiger partial charge in [0.05, 0.1) is 6.54 Å². The van der Waals surface area contributed by atoms with Crippen LogP contribution in [0.5, 0.6) is 5.75 Å². The average molecular weight is 295 g/mol. The SMILES string of the molecule is OC(COc1ccccc1)Cn1ccnc1-c1cccnc1. The molecule has 0 aliphatic heterocycles. The van der Waals surface area contributed by atoms with Gasteiger partial charge in [0.15, 0.2) is 0 Å². The fourth-order valence-corrected chi connectivity index (χ4v) is 2.20. The van der Waals surface area contributed by atoms with E-state index in [2.05, 4.69) is 9.97 Å². The smallest absolute Gasteiger partial charge is 0.141 e. The van der Waals surface area contributed by atoms with Gasteiger partial charge >= 0.3 is 0 Å². The van der Waals surface area contributed by atoms with Crippen molar-refractivity contribution < 1.29 is 9.84 Å². The van der Waals surface area contributed by atoms with E-state index in [1.807, 2.05) is 53.2 Å². The van der Waals surface area contributed by atoms with E-state index in [1.54, 1.807) is 18.6 Å². The van der Waals surface area contributed by atoms with Gasteiger partial charge in [0.25, 0.3) is 0 Å². The van der Waals surface area contributed by atoms with E-state index in [9.17, 15) is 5.11 Å². The molecule has 2 heterocycles. The van der Waals surface area contributed by atoms with Crippen molar-refractivity contribution in [2.24, 2.45) is 0 Å². The van der Waals surface area contributed by atoms with Crippen molar-refractivity contribution in [1.82, 2.24) is 14.5 Å². The van der Waals surface area contributed by atoms with Crippen LogP contribution in [0.15, 0.2) is 67.3 Å². The van der Waals surface area contributed by atoms with Crippen LogP contribution in [0.4, 0.5) is 0 Å². The maximum absolute atomic E-state index is 10.2. The summed E-state index contributed by atoms with van der Waals surface area (Å²) >= 11 is 0. The first-order valence-corrected chi connectivity index (χ1v) is 7.10. The minimum atomic E-state index is -0.621. The molecule has 112 valence electrons. The molecule has 5 heteroatoms. The summed E-state index contributed by atoms with van der Waals surface area (Å²) < 4.78 is 7.46. The van der Waals surface area contributed by atoms with Gasteiger partial charge in [-0.1, -0.05) is 18.2 Å². The number of pyridine rings is 1. The molecule has 0 spiro atoms. The Labute approximate surface area is 128 Å². The molecular formula is C17H17N3O2. The highest BCUT2D eigenvalue weighted by molar-refractivity contribution is 5.53. The van der Waals surface area contributed by atoms with Gasteiger partial charge in [-0.05, 0) is 24.3 Å². The predicted molar refractivity (Wildman–Crippen MR) is 83.4 cm³/mol. The van der Waals surface area contributed by atoms with Crippen molar-refractivity contribution in [2.75, 3.05) is 6.61 Å². The quantitative estimate of drug-likeness (QED) is 0.758. The number of ether oxygens (including phenoxy) is 1. The Balaban J connectivity index is 1.63. The molecule has 0 fully saturated rings. The van der Waals surface area contributed by atoms with Crippen LogP contribution in [-0.2, 0) is 6.54 Å². The lowest BCUT2D eigenvalue weighted by Gasteiger charge is -2.14. The lowest BCUT2D eigenvalue weighted by atomic mass is 10.2. The number of aliphatic hydroxyl groups is 1. The first-order chi connectivity index (χ1) is 10.8. The van der Waals surface area contributed by atoms with Crippen molar-refractivity contribution in [1.29, 1.82) is 0 Å². The van der Waals surface area contributed by atoms with E-state index >= 15 is 0 Å². The summed E-state index contributed by atoms with van der Waals surface area (Å²) in [6.07, 6.45) is 6.41. The van der Waals surface area contributed by atoms with E-state index < -0.39 is 6.10 Å². The van der Waals surface area contributed by atoms with Crippen molar-refractivity contribution in [3.8, 4) is 17.1 Å².